The Bertz CT molecular complexity index is 405. The van der Waals surface area contributed by atoms with Crippen LogP contribution in [0.1, 0.15) is 18.4 Å². The van der Waals surface area contributed by atoms with Crippen LogP contribution in [0.2, 0.25) is 10.0 Å². The number of benzene rings is 1. The fraction of sp³-hybridized carbons (Fsp3) is 0.500. The van der Waals surface area contributed by atoms with E-state index in [1.807, 2.05) is 6.07 Å². The van der Waals surface area contributed by atoms with Gasteiger partial charge in [-0.3, -0.25) is 0 Å². The molecular weight excluding hydrogens is 229 g/mol. The van der Waals surface area contributed by atoms with Crippen molar-refractivity contribution in [1.29, 1.82) is 0 Å². The third-order valence-electron chi connectivity index (χ3n) is 3.87. The number of rotatable bonds is 1. The van der Waals surface area contributed by atoms with E-state index in [0.717, 1.165) is 19.0 Å². The summed E-state index contributed by atoms with van der Waals surface area (Å²) in [6.07, 6.45) is 2.54. The minimum absolute atomic E-state index is 0.416. The maximum absolute atomic E-state index is 6.07. The molecule has 1 aliphatic heterocycles. The Labute approximate surface area is 99.8 Å². The highest BCUT2D eigenvalue weighted by molar-refractivity contribution is 6.42. The van der Waals surface area contributed by atoms with Gasteiger partial charge < -0.3 is 5.32 Å². The lowest BCUT2D eigenvalue weighted by Gasteiger charge is -2.23. The number of fused-ring (bicyclic) bond motifs is 1. The number of piperidine rings is 1. The van der Waals surface area contributed by atoms with Gasteiger partial charge in [-0.2, -0.15) is 0 Å². The number of hydrogen-bond acceptors (Lipinski definition) is 1. The van der Waals surface area contributed by atoms with E-state index in [1.54, 1.807) is 0 Å². The Balaban J connectivity index is 1.96. The quantitative estimate of drug-likeness (QED) is 0.797. The first-order valence-electron chi connectivity index (χ1n) is 5.39. The highest BCUT2D eigenvalue weighted by Crippen LogP contribution is 2.58. The first-order chi connectivity index (χ1) is 7.22. The van der Waals surface area contributed by atoms with Crippen molar-refractivity contribution in [2.24, 2.45) is 5.92 Å². The summed E-state index contributed by atoms with van der Waals surface area (Å²) in [5, 5.41) is 4.78. The molecule has 1 aromatic carbocycles. The molecule has 3 heteroatoms. The van der Waals surface area contributed by atoms with Gasteiger partial charge >= 0.3 is 0 Å². The Morgan fingerprint density at radius 1 is 1.27 bits per heavy atom. The lowest BCUT2D eigenvalue weighted by molar-refractivity contribution is 0.445. The zero-order chi connectivity index (χ0) is 10.5. The molecule has 0 amide bonds. The molecule has 2 atom stereocenters. The molecule has 0 radical (unpaired) electrons. The van der Waals surface area contributed by atoms with Gasteiger partial charge in [0.05, 0.1) is 10.0 Å². The second kappa shape index (κ2) is 3.38. The van der Waals surface area contributed by atoms with Crippen LogP contribution in [0, 0.1) is 5.92 Å². The van der Waals surface area contributed by atoms with Crippen LogP contribution in [0.4, 0.5) is 0 Å². The molecule has 0 bridgehead atoms. The van der Waals surface area contributed by atoms with E-state index in [1.165, 1.54) is 18.4 Å². The SMILES string of the molecule is Clc1ccc(C23CCNC[C@H]2C3)cc1Cl. The third kappa shape index (κ3) is 1.49. The number of hydrogen-bond donors (Lipinski definition) is 1. The molecule has 1 aromatic rings. The lowest BCUT2D eigenvalue weighted by Crippen LogP contribution is -2.31. The second-order valence-electron chi connectivity index (χ2n) is 4.64. The molecule has 2 aliphatic rings. The Kier molecular flexibility index (Phi) is 2.24. The first kappa shape index (κ1) is 9.95. The zero-order valence-corrected chi connectivity index (χ0v) is 9.91. The molecule has 1 nitrogen and oxygen atoms in total. The molecular formula is C12H13Cl2N. The normalized spacial score (nSPS) is 33.6. The largest absolute Gasteiger partial charge is 0.316 e. The standard InChI is InChI=1S/C12H13Cl2N/c13-10-2-1-8(5-11(10)14)12-3-4-15-7-9(12)6-12/h1-2,5,9,15H,3-4,6-7H2/t9-,12?/m1/s1. The number of halogens is 2. The predicted molar refractivity (Wildman–Crippen MR) is 63.7 cm³/mol. The van der Waals surface area contributed by atoms with Crippen molar-refractivity contribution in [3.8, 4) is 0 Å². The summed E-state index contributed by atoms with van der Waals surface area (Å²) in [4.78, 5) is 0. The van der Waals surface area contributed by atoms with Gasteiger partial charge in [0.25, 0.3) is 0 Å². The summed E-state index contributed by atoms with van der Waals surface area (Å²) in [5.74, 6) is 0.809. The van der Waals surface area contributed by atoms with Crippen molar-refractivity contribution in [2.45, 2.75) is 18.3 Å². The summed E-state index contributed by atoms with van der Waals surface area (Å²) >= 11 is 12.0. The molecule has 1 N–H and O–H groups in total. The van der Waals surface area contributed by atoms with Gasteiger partial charge in [0, 0.05) is 5.41 Å². The van der Waals surface area contributed by atoms with E-state index in [2.05, 4.69) is 17.4 Å². The Morgan fingerprint density at radius 2 is 2.13 bits per heavy atom. The van der Waals surface area contributed by atoms with E-state index < -0.39 is 0 Å². The van der Waals surface area contributed by atoms with Gasteiger partial charge in [0.15, 0.2) is 0 Å². The maximum Gasteiger partial charge on any atom is 0.0595 e. The van der Waals surface area contributed by atoms with Crippen molar-refractivity contribution in [3.63, 3.8) is 0 Å². The number of nitrogens with one attached hydrogen (secondary N) is 1. The van der Waals surface area contributed by atoms with Gasteiger partial charge in [-0.15, -0.1) is 0 Å². The van der Waals surface area contributed by atoms with Crippen molar-refractivity contribution in [1.82, 2.24) is 5.32 Å². The average Bonchev–Trinajstić information content (AvgIpc) is 2.97. The molecule has 1 unspecified atom stereocenters. The van der Waals surface area contributed by atoms with E-state index in [4.69, 9.17) is 23.2 Å². The molecule has 0 spiro atoms. The molecule has 0 aromatic heterocycles. The van der Waals surface area contributed by atoms with Crippen molar-refractivity contribution in [3.05, 3.63) is 33.8 Å². The van der Waals surface area contributed by atoms with Crippen molar-refractivity contribution in [2.75, 3.05) is 13.1 Å². The smallest absolute Gasteiger partial charge is 0.0595 e. The van der Waals surface area contributed by atoms with Crippen molar-refractivity contribution >= 4 is 23.2 Å². The van der Waals surface area contributed by atoms with Crippen LogP contribution in [0.25, 0.3) is 0 Å². The van der Waals surface area contributed by atoms with Gasteiger partial charge in [-0.05, 0) is 49.5 Å². The van der Waals surface area contributed by atoms with Crippen molar-refractivity contribution < 1.29 is 0 Å². The Morgan fingerprint density at radius 3 is 2.87 bits per heavy atom. The molecule has 3 rings (SSSR count). The lowest BCUT2D eigenvalue weighted by atomic mass is 9.88. The highest BCUT2D eigenvalue weighted by Gasteiger charge is 2.55. The third-order valence-corrected chi connectivity index (χ3v) is 4.60. The predicted octanol–water partition coefficient (Wildman–Crippen LogP) is 3.24. The second-order valence-corrected chi connectivity index (χ2v) is 5.45. The van der Waals surface area contributed by atoms with Crippen LogP contribution in [0.15, 0.2) is 18.2 Å². The van der Waals surface area contributed by atoms with Crippen LogP contribution in [-0.2, 0) is 5.41 Å². The molecule has 1 heterocycles. The van der Waals surface area contributed by atoms with Gasteiger partial charge in [0.2, 0.25) is 0 Å². The first-order valence-corrected chi connectivity index (χ1v) is 6.14. The zero-order valence-electron chi connectivity index (χ0n) is 8.39. The van der Waals surface area contributed by atoms with E-state index >= 15 is 0 Å². The molecule has 1 aliphatic carbocycles. The van der Waals surface area contributed by atoms with Crippen LogP contribution in [0.3, 0.4) is 0 Å². The van der Waals surface area contributed by atoms with E-state index in [9.17, 15) is 0 Å². The fourth-order valence-corrected chi connectivity index (χ4v) is 3.14. The molecule has 2 fully saturated rings. The van der Waals surface area contributed by atoms with Crippen LogP contribution >= 0.6 is 23.2 Å². The summed E-state index contributed by atoms with van der Waals surface area (Å²) in [7, 11) is 0. The molecule has 1 saturated heterocycles. The topological polar surface area (TPSA) is 12.0 Å². The van der Waals surface area contributed by atoms with Crippen LogP contribution in [-0.4, -0.2) is 13.1 Å². The summed E-state index contributed by atoms with van der Waals surface area (Å²) in [6.45, 7) is 2.27. The minimum Gasteiger partial charge on any atom is -0.316 e. The molecule has 80 valence electrons. The monoisotopic (exact) mass is 241 g/mol. The van der Waals surface area contributed by atoms with E-state index in [0.29, 0.717) is 15.5 Å². The average molecular weight is 242 g/mol. The molecule has 15 heavy (non-hydrogen) atoms. The van der Waals surface area contributed by atoms with Crippen LogP contribution in [0.5, 0.6) is 0 Å². The molecule has 1 saturated carbocycles. The summed E-state index contributed by atoms with van der Waals surface area (Å²) in [6, 6.07) is 6.11. The van der Waals surface area contributed by atoms with Gasteiger partial charge in [-0.25, -0.2) is 0 Å². The van der Waals surface area contributed by atoms with Crippen LogP contribution < -0.4 is 5.32 Å². The minimum atomic E-state index is 0.416. The fourth-order valence-electron chi connectivity index (χ4n) is 2.85. The maximum atomic E-state index is 6.07. The summed E-state index contributed by atoms with van der Waals surface area (Å²) in [5.41, 5.74) is 1.79. The van der Waals surface area contributed by atoms with Gasteiger partial charge in [0.1, 0.15) is 0 Å². The Hall–Kier alpha value is -0.240. The summed E-state index contributed by atoms with van der Waals surface area (Å²) < 4.78 is 0. The highest BCUT2D eigenvalue weighted by atomic mass is 35.5. The van der Waals surface area contributed by atoms with Gasteiger partial charge in [-0.1, -0.05) is 29.3 Å². The van der Waals surface area contributed by atoms with E-state index in [-0.39, 0.29) is 0 Å².